The van der Waals surface area contributed by atoms with Crippen molar-refractivity contribution in [2.75, 3.05) is 13.7 Å². The molecule has 1 aliphatic heterocycles. The molecule has 0 unspecified atom stereocenters. The van der Waals surface area contributed by atoms with Crippen LogP contribution in [0, 0.1) is 11.6 Å². The van der Waals surface area contributed by atoms with Gasteiger partial charge in [0.25, 0.3) is 0 Å². The smallest absolute Gasteiger partial charge is 0.324 e. The summed E-state index contributed by atoms with van der Waals surface area (Å²) in [5.74, 6) is -3.08. The van der Waals surface area contributed by atoms with Gasteiger partial charge >= 0.3 is 5.97 Å². The topological polar surface area (TPSA) is 63.7 Å². The predicted molar refractivity (Wildman–Crippen MR) is 69.9 cm³/mol. The molecule has 0 radical (unpaired) electrons. The summed E-state index contributed by atoms with van der Waals surface area (Å²) in [5, 5.41) is 0. The molecular weight excluding hydrogens is 304 g/mol. The number of rotatable bonds is 3. The maximum atomic E-state index is 13.7. The van der Waals surface area contributed by atoms with Gasteiger partial charge < -0.3 is 4.74 Å². The number of nitrogens with zero attached hydrogens (tertiary/aromatic N) is 1. The summed E-state index contributed by atoms with van der Waals surface area (Å²) in [7, 11) is -3.30. The summed E-state index contributed by atoms with van der Waals surface area (Å²) in [6.07, 6.45) is 1.43. The van der Waals surface area contributed by atoms with Gasteiger partial charge in [0.05, 0.1) is 7.11 Å². The number of hydrogen-bond acceptors (Lipinski definition) is 4. The number of piperidine rings is 1. The summed E-state index contributed by atoms with van der Waals surface area (Å²) < 4.78 is 57.9. The van der Waals surface area contributed by atoms with Crippen LogP contribution in [0.2, 0.25) is 0 Å². The molecule has 1 fully saturated rings. The Morgan fingerprint density at radius 2 is 1.90 bits per heavy atom. The van der Waals surface area contributed by atoms with Gasteiger partial charge in [0, 0.05) is 6.54 Å². The van der Waals surface area contributed by atoms with Crippen LogP contribution in [0.3, 0.4) is 0 Å². The highest BCUT2D eigenvalue weighted by atomic mass is 32.2. The van der Waals surface area contributed by atoms with E-state index in [1.54, 1.807) is 0 Å². The average Bonchev–Trinajstić information content (AvgIpc) is 2.46. The zero-order valence-corrected chi connectivity index (χ0v) is 12.2. The molecule has 5 nitrogen and oxygen atoms in total. The standard InChI is InChI=1S/C13H15F2NO4S/c1-20-13(17)11-7-2-3-8-16(11)21(18,19)12-9(14)5-4-6-10(12)15/h4-6,11H,2-3,7-8H2,1H3/t11-/m0/s1. The molecule has 1 atom stereocenters. The first-order valence-corrected chi connectivity index (χ1v) is 7.87. The summed E-state index contributed by atoms with van der Waals surface area (Å²) in [5.41, 5.74) is 0. The largest absolute Gasteiger partial charge is 0.468 e. The molecule has 1 aromatic carbocycles. The van der Waals surface area contributed by atoms with Gasteiger partial charge in [-0.2, -0.15) is 4.31 Å². The van der Waals surface area contributed by atoms with E-state index in [1.807, 2.05) is 0 Å². The van der Waals surface area contributed by atoms with Crippen molar-refractivity contribution in [3.8, 4) is 0 Å². The lowest BCUT2D eigenvalue weighted by molar-refractivity contribution is -0.146. The molecule has 0 bridgehead atoms. The average molecular weight is 319 g/mol. The van der Waals surface area contributed by atoms with E-state index in [9.17, 15) is 22.0 Å². The minimum atomic E-state index is -4.45. The Kier molecular flexibility index (Phi) is 4.58. The molecule has 1 aromatic rings. The predicted octanol–water partition coefficient (Wildman–Crippen LogP) is 1.68. The first-order valence-electron chi connectivity index (χ1n) is 6.43. The zero-order chi connectivity index (χ0) is 15.6. The van der Waals surface area contributed by atoms with Crippen LogP contribution in [0.15, 0.2) is 23.1 Å². The molecule has 1 heterocycles. The van der Waals surface area contributed by atoms with E-state index in [0.717, 1.165) is 29.6 Å². The van der Waals surface area contributed by atoms with Gasteiger partial charge in [-0.1, -0.05) is 6.07 Å². The molecule has 0 saturated carbocycles. The Labute approximate surface area is 121 Å². The van der Waals surface area contributed by atoms with E-state index >= 15 is 0 Å². The number of ether oxygens (including phenoxy) is 1. The summed E-state index contributed by atoms with van der Waals surface area (Å²) in [4.78, 5) is 10.7. The molecule has 2 rings (SSSR count). The van der Waals surface area contributed by atoms with Crippen LogP contribution in [0.4, 0.5) is 8.78 Å². The fraction of sp³-hybridized carbons (Fsp3) is 0.462. The maximum absolute atomic E-state index is 13.7. The maximum Gasteiger partial charge on any atom is 0.324 e. The highest BCUT2D eigenvalue weighted by Crippen LogP contribution is 2.28. The zero-order valence-electron chi connectivity index (χ0n) is 11.4. The van der Waals surface area contributed by atoms with Crippen molar-refractivity contribution in [3.63, 3.8) is 0 Å². The Hall–Kier alpha value is -1.54. The second kappa shape index (κ2) is 6.07. The lowest BCUT2D eigenvalue weighted by Crippen LogP contribution is -2.48. The molecule has 0 amide bonds. The van der Waals surface area contributed by atoms with E-state index in [4.69, 9.17) is 0 Å². The van der Waals surface area contributed by atoms with Gasteiger partial charge in [-0.3, -0.25) is 4.79 Å². The van der Waals surface area contributed by atoms with Crippen LogP contribution in [0.25, 0.3) is 0 Å². The van der Waals surface area contributed by atoms with E-state index in [1.165, 1.54) is 0 Å². The molecule has 0 N–H and O–H groups in total. The molecule has 0 aromatic heterocycles. The van der Waals surface area contributed by atoms with E-state index in [2.05, 4.69) is 4.74 Å². The van der Waals surface area contributed by atoms with Crippen molar-refractivity contribution in [1.29, 1.82) is 0 Å². The number of halogens is 2. The third kappa shape index (κ3) is 2.91. The Morgan fingerprint density at radius 3 is 2.48 bits per heavy atom. The van der Waals surface area contributed by atoms with Gasteiger partial charge in [0.2, 0.25) is 10.0 Å². The molecule has 116 valence electrons. The number of esters is 1. The second-order valence-electron chi connectivity index (χ2n) is 4.70. The molecule has 1 saturated heterocycles. The first-order chi connectivity index (χ1) is 9.89. The highest BCUT2D eigenvalue weighted by molar-refractivity contribution is 7.89. The summed E-state index contributed by atoms with van der Waals surface area (Å²) in [6, 6.07) is 1.77. The summed E-state index contributed by atoms with van der Waals surface area (Å²) in [6.45, 7) is 0.0237. The number of carbonyl (C=O) groups excluding carboxylic acids is 1. The van der Waals surface area contributed by atoms with Gasteiger partial charge in [-0.15, -0.1) is 0 Å². The third-order valence-electron chi connectivity index (χ3n) is 3.41. The molecule has 21 heavy (non-hydrogen) atoms. The Bertz CT molecular complexity index is 627. The van der Waals surface area contributed by atoms with Crippen molar-refractivity contribution in [1.82, 2.24) is 4.31 Å². The van der Waals surface area contributed by atoms with Crippen molar-refractivity contribution >= 4 is 16.0 Å². The summed E-state index contributed by atoms with van der Waals surface area (Å²) >= 11 is 0. The van der Waals surface area contributed by atoms with Crippen LogP contribution in [0.5, 0.6) is 0 Å². The SMILES string of the molecule is COC(=O)[C@@H]1CCCCN1S(=O)(=O)c1c(F)cccc1F. The number of hydrogen-bond donors (Lipinski definition) is 0. The van der Waals surface area contributed by atoms with E-state index < -0.39 is 38.6 Å². The van der Waals surface area contributed by atoms with E-state index in [-0.39, 0.29) is 13.0 Å². The van der Waals surface area contributed by atoms with Crippen LogP contribution in [-0.2, 0) is 19.6 Å². The molecular formula is C13H15F2NO4S. The van der Waals surface area contributed by atoms with Crippen LogP contribution in [0.1, 0.15) is 19.3 Å². The first kappa shape index (κ1) is 15.8. The van der Waals surface area contributed by atoms with Crippen LogP contribution < -0.4 is 0 Å². The Morgan fingerprint density at radius 1 is 1.29 bits per heavy atom. The number of sulfonamides is 1. The van der Waals surface area contributed by atoms with E-state index in [0.29, 0.717) is 12.8 Å². The van der Waals surface area contributed by atoms with Crippen LogP contribution in [-0.4, -0.2) is 38.4 Å². The monoisotopic (exact) mass is 319 g/mol. The van der Waals surface area contributed by atoms with Crippen LogP contribution >= 0.6 is 0 Å². The minimum absolute atomic E-state index is 0.0237. The van der Waals surface area contributed by atoms with Crippen molar-refractivity contribution in [3.05, 3.63) is 29.8 Å². The van der Waals surface area contributed by atoms with Gasteiger partial charge in [0.15, 0.2) is 4.90 Å². The third-order valence-corrected chi connectivity index (χ3v) is 5.37. The fourth-order valence-electron chi connectivity index (χ4n) is 2.41. The van der Waals surface area contributed by atoms with Gasteiger partial charge in [-0.05, 0) is 31.4 Å². The minimum Gasteiger partial charge on any atom is -0.468 e. The lowest BCUT2D eigenvalue weighted by Gasteiger charge is -2.32. The number of methoxy groups -OCH3 is 1. The number of carbonyl (C=O) groups is 1. The fourth-order valence-corrected chi connectivity index (χ4v) is 4.17. The Balaban J connectivity index is 2.48. The van der Waals surface area contributed by atoms with Crippen molar-refractivity contribution in [2.45, 2.75) is 30.2 Å². The highest BCUT2D eigenvalue weighted by Gasteiger charge is 2.40. The van der Waals surface area contributed by atoms with Gasteiger partial charge in [0.1, 0.15) is 17.7 Å². The second-order valence-corrected chi connectivity index (χ2v) is 6.53. The molecule has 1 aliphatic rings. The van der Waals surface area contributed by atoms with Gasteiger partial charge in [-0.25, -0.2) is 17.2 Å². The normalized spacial score (nSPS) is 20.2. The quantitative estimate of drug-likeness (QED) is 0.795. The van der Waals surface area contributed by atoms with Crippen molar-refractivity contribution in [2.24, 2.45) is 0 Å². The molecule has 0 aliphatic carbocycles. The number of benzene rings is 1. The lowest BCUT2D eigenvalue weighted by atomic mass is 10.1. The molecule has 8 heteroatoms. The van der Waals surface area contributed by atoms with Crippen molar-refractivity contribution < 1.29 is 26.7 Å². The molecule has 0 spiro atoms.